The minimum atomic E-state index is -1.67. The molecular weight excluding hydrogens is 402 g/mol. The molecule has 0 N–H and O–H groups in total. The number of amides is 1. The van der Waals surface area contributed by atoms with Gasteiger partial charge in [-0.3, -0.25) is 4.79 Å². The highest BCUT2D eigenvalue weighted by Gasteiger charge is 2.29. The molecule has 2 aromatic carbocycles. The van der Waals surface area contributed by atoms with Crippen molar-refractivity contribution in [2.45, 2.75) is 19.3 Å². The smallest absolute Gasteiger partial charge is 0.256 e. The molecule has 156 valence electrons. The van der Waals surface area contributed by atoms with Crippen LogP contribution >= 0.6 is 0 Å². The first-order chi connectivity index (χ1) is 14.4. The molecule has 0 saturated carbocycles. The number of halogens is 4. The highest BCUT2D eigenvalue weighted by atomic mass is 19.2. The molecule has 1 aliphatic heterocycles. The van der Waals surface area contributed by atoms with Gasteiger partial charge in [0.25, 0.3) is 5.91 Å². The normalized spacial score (nSPS) is 16.7. The average Bonchev–Trinajstić information content (AvgIpc) is 3.20. The van der Waals surface area contributed by atoms with Crippen LogP contribution in [0.3, 0.4) is 0 Å². The van der Waals surface area contributed by atoms with Gasteiger partial charge in [-0.1, -0.05) is 17.3 Å². The van der Waals surface area contributed by atoms with E-state index in [0.29, 0.717) is 25.3 Å². The van der Waals surface area contributed by atoms with Crippen LogP contribution in [0.15, 0.2) is 40.9 Å². The second-order valence-corrected chi connectivity index (χ2v) is 7.18. The zero-order chi connectivity index (χ0) is 21.3. The molecule has 3 aromatic rings. The fraction of sp³-hybridized carbons (Fsp3) is 0.286. The first-order valence-electron chi connectivity index (χ1n) is 9.44. The highest BCUT2D eigenvalue weighted by Crippen LogP contribution is 2.25. The van der Waals surface area contributed by atoms with Crippen molar-refractivity contribution in [3.8, 4) is 11.4 Å². The van der Waals surface area contributed by atoms with Crippen molar-refractivity contribution in [2.75, 3.05) is 13.1 Å². The summed E-state index contributed by atoms with van der Waals surface area (Å²) in [5.74, 6) is -5.29. The molecule has 4 rings (SSSR count). The van der Waals surface area contributed by atoms with Crippen molar-refractivity contribution in [3.63, 3.8) is 0 Å². The first-order valence-corrected chi connectivity index (χ1v) is 9.44. The molecule has 1 unspecified atom stereocenters. The van der Waals surface area contributed by atoms with Crippen LogP contribution in [0.4, 0.5) is 17.6 Å². The Morgan fingerprint density at radius 1 is 1.07 bits per heavy atom. The van der Waals surface area contributed by atoms with E-state index in [4.69, 9.17) is 4.52 Å². The summed E-state index contributed by atoms with van der Waals surface area (Å²) >= 11 is 0. The minimum Gasteiger partial charge on any atom is -0.339 e. The van der Waals surface area contributed by atoms with E-state index in [-0.39, 0.29) is 23.9 Å². The number of carbonyl (C=O) groups is 1. The van der Waals surface area contributed by atoms with Crippen molar-refractivity contribution in [2.24, 2.45) is 5.92 Å². The Morgan fingerprint density at radius 2 is 1.87 bits per heavy atom. The molecule has 1 aromatic heterocycles. The largest absolute Gasteiger partial charge is 0.339 e. The van der Waals surface area contributed by atoms with Gasteiger partial charge in [-0.25, -0.2) is 17.6 Å². The number of hydrogen-bond donors (Lipinski definition) is 0. The van der Waals surface area contributed by atoms with E-state index < -0.39 is 34.7 Å². The number of hydrogen-bond acceptors (Lipinski definition) is 4. The van der Waals surface area contributed by atoms with Gasteiger partial charge in [0, 0.05) is 19.5 Å². The maximum atomic E-state index is 14.0. The quantitative estimate of drug-likeness (QED) is 0.465. The summed E-state index contributed by atoms with van der Waals surface area (Å²) in [6, 6.07) is 7.74. The van der Waals surface area contributed by atoms with Crippen LogP contribution in [0.25, 0.3) is 11.4 Å². The summed E-state index contributed by atoms with van der Waals surface area (Å²) in [7, 11) is 0. The van der Waals surface area contributed by atoms with E-state index in [9.17, 15) is 22.4 Å². The van der Waals surface area contributed by atoms with Crippen LogP contribution in [0.5, 0.6) is 0 Å². The number of nitrogens with zero attached hydrogens (tertiary/aromatic N) is 3. The third kappa shape index (κ3) is 3.92. The van der Waals surface area contributed by atoms with E-state index in [1.165, 1.54) is 11.0 Å². The molecule has 30 heavy (non-hydrogen) atoms. The lowest BCUT2D eigenvalue weighted by Crippen LogP contribution is -2.41. The van der Waals surface area contributed by atoms with Gasteiger partial charge >= 0.3 is 0 Å². The van der Waals surface area contributed by atoms with E-state index in [2.05, 4.69) is 10.1 Å². The Balaban J connectivity index is 1.46. The second kappa shape index (κ2) is 8.25. The topological polar surface area (TPSA) is 59.2 Å². The Kier molecular flexibility index (Phi) is 5.52. The predicted molar refractivity (Wildman–Crippen MR) is 98.3 cm³/mol. The number of carbonyl (C=O) groups excluding carboxylic acids is 1. The number of likely N-dealkylation sites (tertiary alicyclic amines) is 1. The van der Waals surface area contributed by atoms with Crippen LogP contribution in [0, 0.1) is 29.2 Å². The van der Waals surface area contributed by atoms with Crippen molar-refractivity contribution in [1.82, 2.24) is 15.0 Å². The fourth-order valence-corrected chi connectivity index (χ4v) is 3.61. The Labute approximate surface area is 169 Å². The summed E-state index contributed by atoms with van der Waals surface area (Å²) in [5.41, 5.74) is -0.282. The molecule has 0 bridgehead atoms. The van der Waals surface area contributed by atoms with Crippen molar-refractivity contribution in [1.29, 1.82) is 0 Å². The lowest BCUT2D eigenvalue weighted by molar-refractivity contribution is 0.0662. The molecule has 5 nitrogen and oxygen atoms in total. The minimum absolute atomic E-state index is 0.0509. The fourth-order valence-electron chi connectivity index (χ4n) is 3.61. The SMILES string of the molecule is O=C(c1ccc(F)c(F)c1F)N1CCCC(Cc2nc(-c3ccccc3F)no2)C1. The van der Waals surface area contributed by atoms with Crippen LogP contribution in [-0.2, 0) is 6.42 Å². The average molecular weight is 419 g/mol. The predicted octanol–water partition coefficient (Wildman–Crippen LogP) is 4.39. The number of piperidine rings is 1. The molecule has 0 radical (unpaired) electrons. The third-order valence-electron chi connectivity index (χ3n) is 5.12. The van der Waals surface area contributed by atoms with Gasteiger partial charge in [0.05, 0.1) is 11.1 Å². The third-order valence-corrected chi connectivity index (χ3v) is 5.12. The van der Waals surface area contributed by atoms with Crippen molar-refractivity contribution < 1.29 is 26.9 Å². The molecule has 1 amide bonds. The van der Waals surface area contributed by atoms with Crippen LogP contribution < -0.4 is 0 Å². The van der Waals surface area contributed by atoms with Crippen LogP contribution in [-0.4, -0.2) is 34.0 Å². The molecule has 1 atom stereocenters. The molecular formula is C21H17F4N3O2. The Morgan fingerprint density at radius 3 is 2.67 bits per heavy atom. The molecule has 1 aliphatic rings. The summed E-state index contributed by atoms with van der Waals surface area (Å²) < 4.78 is 59.7. The molecule has 0 aliphatic carbocycles. The van der Waals surface area contributed by atoms with Gasteiger partial charge in [0.15, 0.2) is 17.5 Å². The Bertz CT molecular complexity index is 1090. The van der Waals surface area contributed by atoms with E-state index in [1.807, 2.05) is 0 Å². The number of benzene rings is 2. The summed E-state index contributed by atoms with van der Waals surface area (Å²) in [6.45, 7) is 0.646. The molecule has 1 fully saturated rings. The lowest BCUT2D eigenvalue weighted by atomic mass is 9.94. The van der Waals surface area contributed by atoms with E-state index >= 15 is 0 Å². The van der Waals surface area contributed by atoms with Gasteiger partial charge in [-0.15, -0.1) is 0 Å². The number of aromatic nitrogens is 2. The maximum Gasteiger partial charge on any atom is 0.256 e. The molecule has 1 saturated heterocycles. The summed E-state index contributed by atoms with van der Waals surface area (Å²) in [5, 5.41) is 3.81. The van der Waals surface area contributed by atoms with Gasteiger partial charge in [0.1, 0.15) is 5.82 Å². The zero-order valence-corrected chi connectivity index (χ0v) is 15.7. The van der Waals surface area contributed by atoms with Gasteiger partial charge in [0.2, 0.25) is 11.7 Å². The van der Waals surface area contributed by atoms with Crippen molar-refractivity contribution in [3.05, 3.63) is 71.1 Å². The van der Waals surface area contributed by atoms with Gasteiger partial charge in [-0.2, -0.15) is 4.98 Å². The maximum absolute atomic E-state index is 14.0. The zero-order valence-electron chi connectivity index (χ0n) is 15.7. The Hall–Kier alpha value is -3.23. The molecule has 2 heterocycles. The van der Waals surface area contributed by atoms with Crippen LogP contribution in [0.1, 0.15) is 29.1 Å². The molecule has 9 heteroatoms. The van der Waals surface area contributed by atoms with E-state index in [1.54, 1.807) is 18.2 Å². The summed E-state index contributed by atoms with van der Waals surface area (Å²) in [4.78, 5) is 18.2. The van der Waals surface area contributed by atoms with Gasteiger partial charge < -0.3 is 9.42 Å². The first kappa shape index (κ1) is 20.1. The van der Waals surface area contributed by atoms with Crippen molar-refractivity contribution >= 4 is 5.91 Å². The number of rotatable bonds is 4. The second-order valence-electron chi connectivity index (χ2n) is 7.18. The summed E-state index contributed by atoms with van der Waals surface area (Å²) in [6.07, 6.45) is 1.77. The van der Waals surface area contributed by atoms with Gasteiger partial charge in [-0.05, 0) is 43.0 Å². The van der Waals surface area contributed by atoms with E-state index in [0.717, 1.165) is 18.6 Å². The van der Waals surface area contributed by atoms with Crippen LogP contribution in [0.2, 0.25) is 0 Å². The standard InChI is InChI=1S/C21H17F4N3O2/c22-15-6-2-1-5-13(15)20-26-17(30-27-20)10-12-4-3-9-28(11-12)21(29)14-7-8-16(23)19(25)18(14)24/h1-2,5-8,12H,3-4,9-11H2. The monoisotopic (exact) mass is 419 g/mol. The molecule has 0 spiro atoms. The lowest BCUT2D eigenvalue weighted by Gasteiger charge is -2.32. The highest BCUT2D eigenvalue weighted by molar-refractivity contribution is 5.94.